The normalized spacial score (nSPS) is 23.3. The van der Waals surface area contributed by atoms with Gasteiger partial charge in [0.05, 0.1) is 13.5 Å². The Hall–Kier alpha value is -1.75. The molecule has 0 spiro atoms. The fourth-order valence-corrected chi connectivity index (χ4v) is 3.89. The number of carboxylic acids is 1. The van der Waals surface area contributed by atoms with Gasteiger partial charge in [-0.05, 0) is 54.7 Å². The molecule has 0 aliphatic heterocycles. The Morgan fingerprint density at radius 3 is 2.38 bits per heavy atom. The van der Waals surface area contributed by atoms with Crippen LogP contribution in [0.3, 0.4) is 0 Å². The Bertz CT molecular complexity index is 673. The van der Waals surface area contributed by atoms with Gasteiger partial charge in [0.1, 0.15) is 11.3 Å². The quantitative estimate of drug-likeness (QED) is 0.806. The highest BCUT2D eigenvalue weighted by atomic mass is 35.5. The first kappa shape index (κ1) is 20.6. The second-order valence-electron chi connectivity index (χ2n) is 8.21. The summed E-state index contributed by atoms with van der Waals surface area (Å²) in [5.74, 6) is -0.211. The Morgan fingerprint density at radius 2 is 1.92 bits per heavy atom. The summed E-state index contributed by atoms with van der Waals surface area (Å²) < 4.78 is 5.10. The van der Waals surface area contributed by atoms with Gasteiger partial charge >= 0.3 is 5.97 Å². The molecule has 0 unspecified atom stereocenters. The van der Waals surface area contributed by atoms with E-state index in [-0.39, 0.29) is 17.7 Å². The average molecular weight is 382 g/mol. The first-order chi connectivity index (χ1) is 12.1. The van der Waals surface area contributed by atoms with Crippen molar-refractivity contribution in [1.29, 1.82) is 0 Å². The number of carboxylic acid groups (broad SMARTS) is 1. The second kappa shape index (κ2) is 7.87. The van der Waals surface area contributed by atoms with Crippen LogP contribution in [0.2, 0.25) is 5.02 Å². The largest absolute Gasteiger partial charge is 0.497 e. The minimum Gasteiger partial charge on any atom is -0.497 e. The third-order valence-electron chi connectivity index (χ3n) is 5.46. The van der Waals surface area contributed by atoms with Crippen LogP contribution in [0.1, 0.15) is 52.0 Å². The number of carbonyl (C=O) groups excluding carboxylic acids is 1. The summed E-state index contributed by atoms with van der Waals surface area (Å²) in [6, 6.07) is 5.10. The topological polar surface area (TPSA) is 75.6 Å². The fourth-order valence-electron chi connectivity index (χ4n) is 3.65. The van der Waals surface area contributed by atoms with Gasteiger partial charge in [0.15, 0.2) is 0 Å². The van der Waals surface area contributed by atoms with Crippen LogP contribution >= 0.6 is 11.6 Å². The summed E-state index contributed by atoms with van der Waals surface area (Å²) in [5.41, 5.74) is -0.392. The number of hydrogen-bond acceptors (Lipinski definition) is 3. The molecule has 1 aromatic carbocycles. The van der Waals surface area contributed by atoms with Gasteiger partial charge in [-0.1, -0.05) is 38.4 Å². The molecule has 144 valence electrons. The number of aliphatic carboxylic acids is 1. The molecule has 1 aliphatic carbocycles. The van der Waals surface area contributed by atoms with E-state index in [1.165, 1.54) is 0 Å². The maximum absolute atomic E-state index is 12.5. The zero-order valence-corrected chi connectivity index (χ0v) is 16.7. The first-order valence-electron chi connectivity index (χ1n) is 8.94. The minimum absolute atomic E-state index is 0.0422. The van der Waals surface area contributed by atoms with Gasteiger partial charge in [-0.25, -0.2) is 4.79 Å². The number of rotatable bonds is 5. The third kappa shape index (κ3) is 4.70. The smallest absolute Gasteiger partial charge is 0.329 e. The van der Waals surface area contributed by atoms with E-state index >= 15 is 0 Å². The maximum atomic E-state index is 12.5. The van der Waals surface area contributed by atoms with Crippen LogP contribution in [-0.2, 0) is 16.0 Å². The number of benzene rings is 1. The summed E-state index contributed by atoms with van der Waals surface area (Å²) in [7, 11) is 1.54. The van der Waals surface area contributed by atoms with Crippen LogP contribution in [-0.4, -0.2) is 29.6 Å². The maximum Gasteiger partial charge on any atom is 0.329 e. The minimum atomic E-state index is -1.18. The van der Waals surface area contributed by atoms with E-state index in [1.54, 1.807) is 25.3 Å². The van der Waals surface area contributed by atoms with Crippen molar-refractivity contribution >= 4 is 23.5 Å². The van der Waals surface area contributed by atoms with E-state index in [4.69, 9.17) is 16.3 Å². The molecule has 5 nitrogen and oxygen atoms in total. The van der Waals surface area contributed by atoms with Crippen molar-refractivity contribution in [3.63, 3.8) is 0 Å². The Labute approximate surface area is 160 Å². The Morgan fingerprint density at radius 1 is 1.31 bits per heavy atom. The van der Waals surface area contributed by atoms with Crippen molar-refractivity contribution < 1.29 is 19.4 Å². The molecule has 0 heterocycles. The van der Waals surface area contributed by atoms with E-state index in [0.717, 1.165) is 12.8 Å². The van der Waals surface area contributed by atoms with Gasteiger partial charge in [-0.2, -0.15) is 0 Å². The standard InChI is InChI=1S/C20H28ClNO4/c1-19(2,3)14-7-9-20(10-8-14,18(24)25)22-17(23)11-13-5-6-15(26-4)12-16(13)21/h5-6,12,14H,7-11H2,1-4H3,(H,22,23)(H,24,25). The monoisotopic (exact) mass is 381 g/mol. The van der Waals surface area contributed by atoms with Crippen molar-refractivity contribution in [2.75, 3.05) is 7.11 Å². The van der Waals surface area contributed by atoms with Crippen LogP contribution in [0.15, 0.2) is 18.2 Å². The first-order valence-corrected chi connectivity index (χ1v) is 9.32. The third-order valence-corrected chi connectivity index (χ3v) is 5.82. The molecule has 0 bridgehead atoms. The highest BCUT2D eigenvalue weighted by molar-refractivity contribution is 6.31. The van der Waals surface area contributed by atoms with Crippen molar-refractivity contribution in [1.82, 2.24) is 5.32 Å². The van der Waals surface area contributed by atoms with Gasteiger partial charge in [0.25, 0.3) is 0 Å². The molecule has 1 aliphatic rings. The lowest BCUT2D eigenvalue weighted by molar-refractivity contribution is -0.150. The lowest BCUT2D eigenvalue weighted by atomic mass is 9.67. The molecule has 1 amide bonds. The van der Waals surface area contributed by atoms with E-state index in [2.05, 4.69) is 26.1 Å². The van der Waals surface area contributed by atoms with Gasteiger partial charge < -0.3 is 15.2 Å². The van der Waals surface area contributed by atoms with Gasteiger partial charge in [-0.15, -0.1) is 0 Å². The van der Waals surface area contributed by atoms with Crippen molar-refractivity contribution in [3.05, 3.63) is 28.8 Å². The zero-order valence-electron chi connectivity index (χ0n) is 15.9. The molecule has 0 atom stereocenters. The molecular weight excluding hydrogens is 354 g/mol. The van der Waals surface area contributed by atoms with Crippen LogP contribution in [0, 0.1) is 11.3 Å². The predicted molar refractivity (Wildman–Crippen MR) is 102 cm³/mol. The van der Waals surface area contributed by atoms with Crippen LogP contribution in [0.5, 0.6) is 5.75 Å². The summed E-state index contributed by atoms with van der Waals surface area (Å²) in [6.45, 7) is 6.53. The number of ether oxygens (including phenoxy) is 1. The van der Waals surface area contributed by atoms with Crippen molar-refractivity contribution in [2.24, 2.45) is 11.3 Å². The molecule has 1 fully saturated rings. The predicted octanol–water partition coefficient (Wildman–Crippen LogP) is 4.07. The zero-order chi connectivity index (χ0) is 19.5. The van der Waals surface area contributed by atoms with E-state index in [1.807, 2.05) is 0 Å². The Kier molecular flexibility index (Phi) is 6.22. The molecule has 26 heavy (non-hydrogen) atoms. The molecule has 2 N–H and O–H groups in total. The number of carbonyl (C=O) groups is 2. The van der Waals surface area contributed by atoms with Crippen molar-refractivity contribution in [3.8, 4) is 5.75 Å². The van der Waals surface area contributed by atoms with E-state index < -0.39 is 11.5 Å². The average Bonchev–Trinajstić information content (AvgIpc) is 2.56. The number of methoxy groups -OCH3 is 1. The number of hydrogen-bond donors (Lipinski definition) is 2. The Balaban J connectivity index is 2.06. The summed E-state index contributed by atoms with van der Waals surface area (Å²) >= 11 is 6.19. The molecule has 0 aromatic heterocycles. The van der Waals surface area contributed by atoms with Gasteiger partial charge in [0, 0.05) is 5.02 Å². The summed E-state index contributed by atoms with van der Waals surface area (Å²) in [5, 5.41) is 13.0. The lowest BCUT2D eigenvalue weighted by Gasteiger charge is -2.42. The molecule has 6 heteroatoms. The molecule has 0 saturated heterocycles. The number of halogens is 1. The van der Waals surface area contributed by atoms with Crippen molar-refractivity contribution in [2.45, 2.75) is 58.4 Å². The van der Waals surface area contributed by atoms with Gasteiger partial charge in [-0.3, -0.25) is 4.79 Å². The highest BCUT2D eigenvalue weighted by Gasteiger charge is 2.45. The summed E-state index contributed by atoms with van der Waals surface area (Å²) in [6.07, 6.45) is 2.53. The van der Waals surface area contributed by atoms with E-state index in [0.29, 0.717) is 35.1 Å². The summed E-state index contributed by atoms with van der Waals surface area (Å²) in [4.78, 5) is 24.4. The molecular formula is C20H28ClNO4. The fraction of sp³-hybridized carbons (Fsp3) is 0.600. The molecule has 1 saturated carbocycles. The molecule has 0 radical (unpaired) electrons. The van der Waals surface area contributed by atoms with E-state index in [9.17, 15) is 14.7 Å². The van der Waals surface area contributed by atoms with Crippen LogP contribution < -0.4 is 10.1 Å². The van der Waals surface area contributed by atoms with Gasteiger partial charge in [0.2, 0.25) is 5.91 Å². The second-order valence-corrected chi connectivity index (χ2v) is 8.62. The molecule has 1 aromatic rings. The number of amides is 1. The number of nitrogens with one attached hydrogen (secondary N) is 1. The molecule has 2 rings (SSSR count). The lowest BCUT2D eigenvalue weighted by Crippen LogP contribution is -2.57. The SMILES string of the molecule is COc1ccc(CC(=O)NC2(C(=O)O)CCC(C(C)(C)C)CC2)c(Cl)c1. The van der Waals surface area contributed by atoms with Crippen LogP contribution in [0.25, 0.3) is 0 Å². The van der Waals surface area contributed by atoms with Crippen LogP contribution in [0.4, 0.5) is 0 Å². The highest BCUT2D eigenvalue weighted by Crippen LogP contribution is 2.41.